The Labute approximate surface area is 189 Å². The van der Waals surface area contributed by atoms with Crippen LogP contribution in [0.25, 0.3) is 6.08 Å². The third-order valence-corrected chi connectivity index (χ3v) is 7.35. The number of benzene rings is 2. The van der Waals surface area contributed by atoms with Crippen molar-refractivity contribution in [3.63, 3.8) is 0 Å². The minimum atomic E-state index is -0.705. The first-order chi connectivity index (χ1) is 15.0. The molecule has 0 radical (unpaired) electrons. The number of carbonyl (C=O) groups excluding carboxylic acids is 2. The first-order valence-electron chi connectivity index (χ1n) is 11.2. The zero-order valence-corrected chi connectivity index (χ0v) is 19.7. The third-order valence-electron chi connectivity index (χ3n) is 7.35. The van der Waals surface area contributed by atoms with E-state index in [1.54, 1.807) is 0 Å². The molecule has 0 saturated carbocycles. The molecule has 1 atom stereocenters. The van der Waals surface area contributed by atoms with Gasteiger partial charge in [0.1, 0.15) is 5.75 Å². The van der Waals surface area contributed by atoms with E-state index in [1.807, 2.05) is 25.2 Å². The lowest BCUT2D eigenvalue weighted by molar-refractivity contribution is -0.121. The Morgan fingerprint density at radius 2 is 1.66 bits per heavy atom. The number of rotatable bonds is 1. The van der Waals surface area contributed by atoms with Crippen LogP contribution in [0.15, 0.2) is 42.5 Å². The fraction of sp³-hybridized carbons (Fsp3) is 0.407. The molecule has 1 fully saturated rings. The highest BCUT2D eigenvalue weighted by Crippen LogP contribution is 2.55. The Bertz CT molecular complexity index is 1170. The van der Waals surface area contributed by atoms with Gasteiger partial charge in [0.15, 0.2) is 0 Å². The first-order valence-corrected chi connectivity index (χ1v) is 11.2. The van der Waals surface area contributed by atoms with Crippen molar-refractivity contribution >= 4 is 29.3 Å². The summed E-state index contributed by atoms with van der Waals surface area (Å²) >= 11 is 0. The average molecular weight is 431 g/mol. The normalized spacial score (nSPS) is 23.6. The van der Waals surface area contributed by atoms with E-state index in [-0.39, 0.29) is 30.1 Å². The van der Waals surface area contributed by atoms with Gasteiger partial charge in [-0.2, -0.15) is 0 Å². The number of hydrogen-bond acceptors (Lipinski definition) is 4. The van der Waals surface area contributed by atoms with E-state index in [0.717, 1.165) is 22.6 Å². The van der Waals surface area contributed by atoms with Gasteiger partial charge in [0.25, 0.3) is 0 Å². The number of likely N-dealkylation sites (N-methyl/N-ethyl adjacent to an activating group) is 1. The van der Waals surface area contributed by atoms with Gasteiger partial charge in [-0.15, -0.1) is 0 Å². The average Bonchev–Trinajstić information content (AvgIpc) is 3.15. The van der Waals surface area contributed by atoms with E-state index in [4.69, 9.17) is 4.74 Å². The van der Waals surface area contributed by atoms with Crippen LogP contribution in [0, 0.1) is 0 Å². The Morgan fingerprint density at radius 1 is 0.969 bits per heavy atom. The Morgan fingerprint density at radius 3 is 2.31 bits per heavy atom. The van der Waals surface area contributed by atoms with Crippen molar-refractivity contribution in [3.8, 4) is 5.75 Å². The standard InChI is InChI=1S/C27H30N2O3/c1-25(2,3)18-7-10-22-17(15-18)13-14-27(32-22)26(4,5)20-16-19(8-9-21(20)28(27)6)29-23(30)11-12-24(29)31/h7-10,13-16H,11-12H2,1-6H3. The molecule has 0 aromatic heterocycles. The first kappa shape index (κ1) is 20.8. The van der Waals surface area contributed by atoms with Crippen LogP contribution < -0.4 is 14.5 Å². The number of anilines is 2. The molecule has 5 nitrogen and oxygen atoms in total. The summed E-state index contributed by atoms with van der Waals surface area (Å²) in [5, 5.41) is 0. The number of amides is 2. The summed E-state index contributed by atoms with van der Waals surface area (Å²) in [6, 6.07) is 12.3. The molecule has 2 aromatic rings. The zero-order chi connectivity index (χ0) is 23.1. The summed E-state index contributed by atoms with van der Waals surface area (Å²) in [5.74, 6) is 0.593. The molecule has 166 valence electrons. The predicted molar refractivity (Wildman–Crippen MR) is 127 cm³/mol. The van der Waals surface area contributed by atoms with Crippen LogP contribution in [-0.4, -0.2) is 24.6 Å². The highest BCUT2D eigenvalue weighted by Gasteiger charge is 2.58. The summed E-state index contributed by atoms with van der Waals surface area (Å²) in [5.41, 5.74) is 4.04. The lowest BCUT2D eigenvalue weighted by Gasteiger charge is -2.46. The van der Waals surface area contributed by atoms with E-state index in [0.29, 0.717) is 5.69 Å². The number of fused-ring (bicyclic) bond motifs is 2. The molecule has 2 amide bonds. The molecule has 0 bridgehead atoms. The Balaban J connectivity index is 1.57. The van der Waals surface area contributed by atoms with Crippen LogP contribution in [-0.2, 0) is 20.4 Å². The minimum Gasteiger partial charge on any atom is -0.463 e. The van der Waals surface area contributed by atoms with E-state index in [9.17, 15) is 9.59 Å². The Hall–Kier alpha value is -3.08. The molecule has 32 heavy (non-hydrogen) atoms. The van der Waals surface area contributed by atoms with E-state index >= 15 is 0 Å². The van der Waals surface area contributed by atoms with Gasteiger partial charge >= 0.3 is 0 Å². The highest BCUT2D eigenvalue weighted by molar-refractivity contribution is 6.20. The van der Waals surface area contributed by atoms with E-state index in [2.05, 4.69) is 69.9 Å². The maximum absolute atomic E-state index is 12.3. The summed E-state index contributed by atoms with van der Waals surface area (Å²) in [7, 11) is 2.04. The lowest BCUT2D eigenvalue weighted by Crippen LogP contribution is -2.58. The molecule has 3 aliphatic heterocycles. The monoisotopic (exact) mass is 430 g/mol. The summed E-state index contributed by atoms with van der Waals surface area (Å²) in [4.78, 5) is 28.1. The lowest BCUT2D eigenvalue weighted by atomic mass is 9.76. The second-order valence-electron chi connectivity index (χ2n) is 10.6. The topological polar surface area (TPSA) is 49.9 Å². The molecule has 0 aliphatic carbocycles. The molecule has 1 saturated heterocycles. The van der Waals surface area contributed by atoms with Crippen LogP contribution in [0.4, 0.5) is 11.4 Å². The molecule has 3 heterocycles. The maximum atomic E-state index is 12.3. The molecule has 5 heteroatoms. The maximum Gasteiger partial charge on any atom is 0.234 e. The van der Waals surface area contributed by atoms with Gasteiger partial charge in [0.2, 0.25) is 17.5 Å². The van der Waals surface area contributed by atoms with E-state index in [1.165, 1.54) is 10.5 Å². The third kappa shape index (κ3) is 2.70. The van der Waals surface area contributed by atoms with Gasteiger partial charge in [0, 0.05) is 31.1 Å². The van der Waals surface area contributed by atoms with Crippen LogP contribution in [0.2, 0.25) is 0 Å². The number of imide groups is 1. The summed E-state index contributed by atoms with van der Waals surface area (Å²) in [6.45, 7) is 10.9. The summed E-state index contributed by atoms with van der Waals surface area (Å²) < 4.78 is 6.76. The van der Waals surface area contributed by atoms with Crippen LogP contribution >= 0.6 is 0 Å². The van der Waals surface area contributed by atoms with Crippen LogP contribution in [0.3, 0.4) is 0 Å². The van der Waals surface area contributed by atoms with Gasteiger partial charge in [-0.1, -0.05) is 26.8 Å². The zero-order valence-electron chi connectivity index (χ0n) is 19.7. The van der Waals surface area contributed by atoms with E-state index < -0.39 is 11.1 Å². The number of carbonyl (C=O) groups is 2. The highest BCUT2D eigenvalue weighted by atomic mass is 16.5. The van der Waals surface area contributed by atoms with Gasteiger partial charge in [-0.25, -0.2) is 0 Å². The molecule has 3 aliphatic rings. The SMILES string of the molecule is CN1c2ccc(N3C(=O)CCC3=O)cc2C(C)(C)C12C=Cc1cc(C(C)(C)C)ccc1O2. The number of hydrogen-bond donors (Lipinski definition) is 0. The van der Waals surface area contributed by atoms with Gasteiger partial charge in [-0.3, -0.25) is 14.5 Å². The number of ether oxygens (including phenoxy) is 1. The van der Waals surface area contributed by atoms with Gasteiger partial charge in [0.05, 0.1) is 11.1 Å². The molecule has 5 rings (SSSR count). The molecule has 0 N–H and O–H groups in total. The van der Waals surface area contributed by atoms with Crippen molar-refractivity contribution in [2.24, 2.45) is 0 Å². The van der Waals surface area contributed by atoms with Gasteiger partial charge in [-0.05, 0) is 72.9 Å². The second-order valence-corrected chi connectivity index (χ2v) is 10.6. The van der Waals surface area contributed by atoms with Crippen molar-refractivity contribution in [1.82, 2.24) is 0 Å². The smallest absolute Gasteiger partial charge is 0.234 e. The Kier molecular flexibility index (Phi) is 4.21. The van der Waals surface area contributed by atoms with Gasteiger partial charge < -0.3 is 9.64 Å². The fourth-order valence-corrected chi connectivity index (χ4v) is 5.27. The van der Waals surface area contributed by atoms with Crippen molar-refractivity contribution < 1.29 is 14.3 Å². The quantitative estimate of drug-likeness (QED) is 0.586. The second kappa shape index (κ2) is 6.47. The fourth-order valence-electron chi connectivity index (χ4n) is 5.27. The predicted octanol–water partition coefficient (Wildman–Crippen LogP) is 5.17. The molecular formula is C27H30N2O3. The van der Waals surface area contributed by atoms with Crippen molar-refractivity contribution in [3.05, 3.63) is 59.2 Å². The largest absolute Gasteiger partial charge is 0.463 e. The summed E-state index contributed by atoms with van der Waals surface area (Å²) in [6.07, 6.45) is 4.87. The van der Waals surface area contributed by atoms with Crippen LogP contribution in [0.1, 0.15) is 64.2 Å². The molecule has 1 unspecified atom stereocenters. The van der Waals surface area contributed by atoms with Crippen molar-refractivity contribution in [2.45, 2.75) is 64.0 Å². The van der Waals surface area contributed by atoms with Crippen molar-refractivity contribution in [2.75, 3.05) is 16.8 Å². The minimum absolute atomic E-state index is 0.0680. The number of nitrogens with zero attached hydrogens (tertiary/aromatic N) is 2. The molecule has 2 aromatic carbocycles. The van der Waals surface area contributed by atoms with Crippen LogP contribution in [0.5, 0.6) is 5.75 Å². The molecule has 1 spiro atoms. The molecular weight excluding hydrogens is 400 g/mol. The van der Waals surface area contributed by atoms with Crippen molar-refractivity contribution in [1.29, 1.82) is 0 Å².